The lowest BCUT2D eigenvalue weighted by molar-refractivity contribution is 0.102. The lowest BCUT2D eigenvalue weighted by atomic mass is 10.2. The first-order chi connectivity index (χ1) is 11.6. The molecule has 1 unspecified atom stereocenters. The van der Waals surface area contributed by atoms with Crippen molar-refractivity contribution >= 4 is 11.6 Å². The van der Waals surface area contributed by atoms with Gasteiger partial charge in [0.25, 0.3) is 5.91 Å². The van der Waals surface area contributed by atoms with Gasteiger partial charge in [-0.2, -0.15) is 0 Å². The predicted molar refractivity (Wildman–Crippen MR) is 96.9 cm³/mol. The number of para-hydroxylation sites is 2. The van der Waals surface area contributed by atoms with Crippen molar-refractivity contribution in [2.75, 3.05) is 11.9 Å². The van der Waals surface area contributed by atoms with Crippen LogP contribution in [0.15, 0.2) is 61.2 Å². The summed E-state index contributed by atoms with van der Waals surface area (Å²) in [7, 11) is 0. The van der Waals surface area contributed by atoms with E-state index in [4.69, 9.17) is 9.47 Å². The van der Waals surface area contributed by atoms with Gasteiger partial charge in [0.2, 0.25) is 0 Å². The molecule has 0 saturated heterocycles. The first kappa shape index (κ1) is 17.6. The number of rotatable bonds is 8. The summed E-state index contributed by atoms with van der Waals surface area (Å²) in [6.45, 7) is 8.06. The van der Waals surface area contributed by atoms with E-state index in [0.29, 0.717) is 29.4 Å². The lowest BCUT2D eigenvalue weighted by Gasteiger charge is -2.14. The summed E-state index contributed by atoms with van der Waals surface area (Å²) >= 11 is 0. The maximum absolute atomic E-state index is 12.5. The molecule has 2 aromatic rings. The molecule has 0 aliphatic rings. The lowest BCUT2D eigenvalue weighted by Crippen LogP contribution is -2.14. The summed E-state index contributed by atoms with van der Waals surface area (Å²) in [5, 5.41) is 2.88. The van der Waals surface area contributed by atoms with Gasteiger partial charge in [-0.05, 0) is 43.7 Å². The molecular weight excluding hydrogens is 302 g/mol. The van der Waals surface area contributed by atoms with Gasteiger partial charge in [0.15, 0.2) is 0 Å². The van der Waals surface area contributed by atoms with Gasteiger partial charge in [0, 0.05) is 5.56 Å². The summed E-state index contributed by atoms with van der Waals surface area (Å²) in [4.78, 5) is 12.5. The van der Waals surface area contributed by atoms with E-state index in [9.17, 15) is 4.79 Å². The number of carbonyl (C=O) groups excluding carboxylic acids is 1. The molecule has 0 fully saturated rings. The molecule has 0 aliphatic heterocycles. The fourth-order valence-electron chi connectivity index (χ4n) is 2.07. The zero-order chi connectivity index (χ0) is 17.4. The van der Waals surface area contributed by atoms with E-state index in [0.717, 1.165) is 6.42 Å². The van der Waals surface area contributed by atoms with Gasteiger partial charge in [0.1, 0.15) is 18.1 Å². The Morgan fingerprint density at radius 1 is 1.25 bits per heavy atom. The Morgan fingerprint density at radius 2 is 2.04 bits per heavy atom. The molecule has 0 radical (unpaired) electrons. The summed E-state index contributed by atoms with van der Waals surface area (Å²) in [5.41, 5.74) is 1.16. The molecule has 1 N–H and O–H groups in total. The van der Waals surface area contributed by atoms with E-state index in [2.05, 4.69) is 18.8 Å². The van der Waals surface area contributed by atoms with Crippen LogP contribution in [0.25, 0.3) is 0 Å². The van der Waals surface area contributed by atoms with Crippen molar-refractivity contribution in [2.45, 2.75) is 26.4 Å². The van der Waals surface area contributed by atoms with Crippen LogP contribution in [0.5, 0.6) is 11.5 Å². The maximum Gasteiger partial charge on any atom is 0.255 e. The molecule has 2 aromatic carbocycles. The second kappa shape index (κ2) is 8.77. The van der Waals surface area contributed by atoms with Crippen LogP contribution in [0.3, 0.4) is 0 Å². The Balaban J connectivity index is 2.12. The third-order valence-electron chi connectivity index (χ3n) is 3.50. The number of carbonyl (C=O) groups is 1. The maximum atomic E-state index is 12.5. The minimum absolute atomic E-state index is 0.108. The number of hydrogen-bond acceptors (Lipinski definition) is 3. The Bertz CT molecular complexity index is 697. The minimum atomic E-state index is -0.209. The van der Waals surface area contributed by atoms with E-state index in [1.54, 1.807) is 24.3 Å². The smallest absolute Gasteiger partial charge is 0.255 e. The van der Waals surface area contributed by atoms with Crippen LogP contribution >= 0.6 is 0 Å². The Labute approximate surface area is 143 Å². The summed E-state index contributed by atoms with van der Waals surface area (Å²) < 4.78 is 11.3. The van der Waals surface area contributed by atoms with Gasteiger partial charge in [-0.1, -0.05) is 37.8 Å². The number of hydrogen-bond donors (Lipinski definition) is 1. The van der Waals surface area contributed by atoms with Crippen molar-refractivity contribution in [1.82, 2.24) is 0 Å². The van der Waals surface area contributed by atoms with Crippen molar-refractivity contribution in [3.8, 4) is 11.5 Å². The molecule has 4 nitrogen and oxygen atoms in total. The van der Waals surface area contributed by atoms with Gasteiger partial charge in [-0.3, -0.25) is 4.79 Å². The van der Waals surface area contributed by atoms with Crippen LogP contribution in [0.2, 0.25) is 0 Å². The first-order valence-electron chi connectivity index (χ1n) is 8.04. The molecule has 1 atom stereocenters. The first-order valence-corrected chi connectivity index (χ1v) is 8.04. The molecule has 0 aliphatic carbocycles. The zero-order valence-corrected chi connectivity index (χ0v) is 14.1. The Hall–Kier alpha value is -2.75. The summed E-state index contributed by atoms with van der Waals surface area (Å²) in [6.07, 6.45) is 2.68. The van der Waals surface area contributed by atoms with Gasteiger partial charge < -0.3 is 14.8 Å². The number of ether oxygens (including phenoxy) is 2. The highest BCUT2D eigenvalue weighted by atomic mass is 16.5. The third-order valence-corrected chi connectivity index (χ3v) is 3.50. The highest BCUT2D eigenvalue weighted by molar-refractivity contribution is 6.05. The predicted octanol–water partition coefficient (Wildman–Crippen LogP) is 4.68. The highest BCUT2D eigenvalue weighted by Gasteiger charge is 2.11. The van der Waals surface area contributed by atoms with E-state index >= 15 is 0 Å². The molecule has 0 saturated carbocycles. The molecule has 126 valence electrons. The normalized spacial score (nSPS) is 11.4. The van der Waals surface area contributed by atoms with E-state index in [1.807, 2.05) is 37.3 Å². The average molecular weight is 325 g/mol. The molecule has 2 rings (SSSR count). The summed E-state index contributed by atoms with van der Waals surface area (Å²) in [6, 6.07) is 14.5. The van der Waals surface area contributed by atoms with Gasteiger partial charge in [-0.15, -0.1) is 0 Å². The Kier molecular flexibility index (Phi) is 6.43. The zero-order valence-electron chi connectivity index (χ0n) is 14.1. The van der Waals surface area contributed by atoms with Crippen molar-refractivity contribution < 1.29 is 14.3 Å². The minimum Gasteiger partial charge on any atom is -0.491 e. The third kappa shape index (κ3) is 4.88. The van der Waals surface area contributed by atoms with E-state index in [-0.39, 0.29) is 12.0 Å². The second-order valence-electron chi connectivity index (χ2n) is 5.41. The van der Waals surface area contributed by atoms with Crippen LogP contribution in [0.4, 0.5) is 5.69 Å². The van der Waals surface area contributed by atoms with Crippen LogP contribution in [-0.2, 0) is 0 Å². The number of amides is 1. The molecule has 0 aromatic heterocycles. The van der Waals surface area contributed by atoms with Gasteiger partial charge in [-0.25, -0.2) is 0 Å². The summed E-state index contributed by atoms with van der Waals surface area (Å²) in [5.74, 6) is 1.09. The van der Waals surface area contributed by atoms with Crippen LogP contribution in [0.1, 0.15) is 30.6 Å². The number of nitrogens with one attached hydrogen (secondary N) is 1. The quantitative estimate of drug-likeness (QED) is 0.717. The van der Waals surface area contributed by atoms with Crippen LogP contribution in [0, 0.1) is 0 Å². The molecule has 24 heavy (non-hydrogen) atoms. The fourth-order valence-corrected chi connectivity index (χ4v) is 2.07. The fraction of sp³-hybridized carbons (Fsp3) is 0.250. The number of anilines is 1. The molecule has 1 amide bonds. The van der Waals surface area contributed by atoms with Crippen LogP contribution in [-0.4, -0.2) is 18.6 Å². The molecular formula is C20H23NO3. The van der Waals surface area contributed by atoms with E-state index < -0.39 is 0 Å². The van der Waals surface area contributed by atoms with Crippen molar-refractivity contribution in [3.63, 3.8) is 0 Å². The van der Waals surface area contributed by atoms with Crippen molar-refractivity contribution in [2.24, 2.45) is 0 Å². The standard InChI is InChI=1S/C20H23NO3/c1-4-13-23-19-12-7-6-11-18(19)21-20(22)16-9-8-10-17(14-16)24-15(3)5-2/h4,6-12,14-15H,1,5,13H2,2-3H3,(H,21,22). The largest absolute Gasteiger partial charge is 0.491 e. The van der Waals surface area contributed by atoms with Gasteiger partial charge >= 0.3 is 0 Å². The molecule has 4 heteroatoms. The van der Waals surface area contributed by atoms with Crippen molar-refractivity contribution in [1.29, 1.82) is 0 Å². The monoisotopic (exact) mass is 325 g/mol. The molecule has 0 spiro atoms. The van der Waals surface area contributed by atoms with E-state index in [1.165, 1.54) is 0 Å². The molecule has 0 heterocycles. The Morgan fingerprint density at radius 3 is 2.79 bits per heavy atom. The van der Waals surface area contributed by atoms with Gasteiger partial charge in [0.05, 0.1) is 11.8 Å². The topological polar surface area (TPSA) is 47.6 Å². The highest BCUT2D eigenvalue weighted by Crippen LogP contribution is 2.25. The molecule has 0 bridgehead atoms. The number of benzene rings is 2. The SMILES string of the molecule is C=CCOc1ccccc1NC(=O)c1cccc(OC(C)CC)c1. The average Bonchev–Trinajstić information content (AvgIpc) is 2.61. The van der Waals surface area contributed by atoms with Crippen molar-refractivity contribution in [3.05, 3.63) is 66.7 Å². The second-order valence-corrected chi connectivity index (χ2v) is 5.41. The van der Waals surface area contributed by atoms with Crippen LogP contribution < -0.4 is 14.8 Å².